The number of rotatable bonds is 11. The molecule has 0 aliphatic rings. The van der Waals surface area contributed by atoms with Crippen LogP contribution in [0.4, 0.5) is 0 Å². The molecule has 0 unspecified atom stereocenters. The minimum atomic E-state index is 0.269. The molecule has 0 fully saturated rings. The first kappa shape index (κ1) is 17.6. The van der Waals surface area contributed by atoms with E-state index in [1.807, 2.05) is 14.1 Å². The lowest BCUT2D eigenvalue weighted by molar-refractivity contribution is -0.813. The molecule has 0 aliphatic heterocycles. The molecule has 0 saturated heterocycles. The third-order valence-electron chi connectivity index (χ3n) is 3.92. The smallest absolute Gasteiger partial charge is 0.266 e. The Hall–Kier alpha value is -0.370. The van der Waals surface area contributed by atoms with E-state index in [0.717, 1.165) is 6.54 Å². The number of quaternary nitrogens is 1. The van der Waals surface area contributed by atoms with E-state index in [-0.39, 0.29) is 5.91 Å². The van der Waals surface area contributed by atoms with E-state index in [1.165, 1.54) is 64.2 Å². The lowest BCUT2D eigenvalue weighted by Gasteiger charge is -2.25. The van der Waals surface area contributed by atoms with Crippen molar-refractivity contribution in [2.45, 2.75) is 78.1 Å². The van der Waals surface area contributed by atoms with Crippen LogP contribution in [-0.4, -0.2) is 31.0 Å². The molecule has 0 rings (SSSR count). The van der Waals surface area contributed by atoms with Gasteiger partial charge >= 0.3 is 5.91 Å². The number of hydrogen-bond donors (Lipinski definition) is 0. The summed E-state index contributed by atoms with van der Waals surface area (Å²) in [6, 6.07) is 0. The van der Waals surface area contributed by atoms with Gasteiger partial charge in [-0.15, -0.1) is 0 Å². The lowest BCUT2D eigenvalue weighted by Crippen LogP contribution is -2.44. The molecular weight excluding hydrogens is 222 g/mol. The first-order valence-electron chi connectivity index (χ1n) is 7.85. The minimum Gasteiger partial charge on any atom is -0.266 e. The molecule has 0 N–H and O–H groups in total. The van der Waals surface area contributed by atoms with Crippen molar-refractivity contribution < 1.29 is 9.28 Å². The van der Waals surface area contributed by atoms with Gasteiger partial charge in [-0.1, -0.05) is 58.3 Å². The maximum Gasteiger partial charge on any atom is 0.310 e. The van der Waals surface area contributed by atoms with Crippen LogP contribution in [0.2, 0.25) is 0 Å². The minimum absolute atomic E-state index is 0.269. The van der Waals surface area contributed by atoms with E-state index in [2.05, 4.69) is 6.92 Å². The summed E-state index contributed by atoms with van der Waals surface area (Å²) in [5.41, 5.74) is 0. The van der Waals surface area contributed by atoms with Crippen molar-refractivity contribution in [3.8, 4) is 0 Å². The van der Waals surface area contributed by atoms with Gasteiger partial charge in [-0.25, -0.2) is 4.79 Å². The van der Waals surface area contributed by atoms with E-state index >= 15 is 0 Å². The summed E-state index contributed by atoms with van der Waals surface area (Å²) in [7, 11) is 4.02. The molecule has 0 saturated carbocycles. The van der Waals surface area contributed by atoms with E-state index in [1.54, 1.807) is 6.92 Å². The molecule has 0 radical (unpaired) electrons. The molecule has 0 bridgehead atoms. The van der Waals surface area contributed by atoms with Crippen LogP contribution in [0, 0.1) is 0 Å². The maximum atomic E-state index is 11.3. The number of amides is 1. The molecule has 2 heteroatoms. The molecule has 18 heavy (non-hydrogen) atoms. The first-order valence-corrected chi connectivity index (χ1v) is 7.85. The van der Waals surface area contributed by atoms with Gasteiger partial charge in [0, 0.05) is 0 Å². The first-order chi connectivity index (χ1) is 8.50. The summed E-state index contributed by atoms with van der Waals surface area (Å²) in [4.78, 5) is 11.3. The van der Waals surface area contributed by atoms with E-state index in [0.29, 0.717) is 4.48 Å². The molecule has 0 aromatic heterocycles. The van der Waals surface area contributed by atoms with Crippen molar-refractivity contribution in [2.24, 2.45) is 0 Å². The Bertz CT molecular complexity index is 211. The van der Waals surface area contributed by atoms with Crippen LogP contribution in [0.1, 0.15) is 78.1 Å². The van der Waals surface area contributed by atoms with Crippen LogP contribution in [0.15, 0.2) is 0 Å². The summed E-state index contributed by atoms with van der Waals surface area (Å²) in [6.07, 6.45) is 13.6. The molecule has 0 heterocycles. The van der Waals surface area contributed by atoms with Crippen LogP contribution >= 0.6 is 0 Å². The second-order valence-electron chi connectivity index (χ2n) is 6.11. The van der Waals surface area contributed by atoms with Gasteiger partial charge in [0.15, 0.2) is 0 Å². The zero-order valence-electron chi connectivity index (χ0n) is 13.1. The predicted molar refractivity (Wildman–Crippen MR) is 79.5 cm³/mol. The van der Waals surface area contributed by atoms with Gasteiger partial charge in [-0.3, -0.25) is 4.48 Å². The molecule has 108 valence electrons. The number of unbranched alkanes of at least 4 members (excludes halogenated alkanes) is 9. The fourth-order valence-electron chi connectivity index (χ4n) is 2.15. The number of carbonyl (C=O) groups excluding carboxylic acids is 1. The van der Waals surface area contributed by atoms with E-state index in [4.69, 9.17) is 0 Å². The number of carbonyl (C=O) groups is 1. The van der Waals surface area contributed by atoms with Crippen LogP contribution in [-0.2, 0) is 4.79 Å². The van der Waals surface area contributed by atoms with Crippen molar-refractivity contribution in [1.82, 2.24) is 0 Å². The Kier molecular flexibility index (Phi) is 10.3. The average Bonchev–Trinajstić information content (AvgIpc) is 2.31. The maximum absolute atomic E-state index is 11.3. The molecule has 1 amide bonds. The fourth-order valence-corrected chi connectivity index (χ4v) is 2.15. The van der Waals surface area contributed by atoms with Crippen LogP contribution < -0.4 is 0 Å². The van der Waals surface area contributed by atoms with Crippen molar-refractivity contribution in [2.75, 3.05) is 20.6 Å². The predicted octanol–water partition coefficient (Wildman–Crippen LogP) is 4.53. The molecule has 0 aliphatic carbocycles. The van der Waals surface area contributed by atoms with Gasteiger partial charge in [0.25, 0.3) is 0 Å². The highest BCUT2D eigenvalue weighted by Gasteiger charge is 2.20. The Labute approximate surface area is 114 Å². The lowest BCUT2D eigenvalue weighted by atomic mass is 10.1. The van der Waals surface area contributed by atoms with Crippen molar-refractivity contribution in [3.05, 3.63) is 0 Å². The Balaban J connectivity index is 3.24. The average molecular weight is 256 g/mol. The quantitative estimate of drug-likeness (QED) is 0.392. The Morgan fingerprint density at radius 1 is 0.778 bits per heavy atom. The van der Waals surface area contributed by atoms with Crippen molar-refractivity contribution >= 4 is 5.91 Å². The van der Waals surface area contributed by atoms with Gasteiger partial charge in [0.05, 0.1) is 27.6 Å². The normalized spacial score (nSPS) is 11.8. The molecule has 0 aromatic carbocycles. The molecule has 2 nitrogen and oxygen atoms in total. The summed E-state index contributed by atoms with van der Waals surface area (Å²) in [5, 5.41) is 0. The summed E-state index contributed by atoms with van der Waals surface area (Å²) in [5.74, 6) is 0.269. The summed E-state index contributed by atoms with van der Waals surface area (Å²) in [6.45, 7) is 4.95. The topological polar surface area (TPSA) is 17.1 Å². The standard InChI is InChI=1S/C16H34NO/c1-5-6-7-8-9-10-11-12-13-14-15-17(3,4)16(2)18/h5-15H2,1-4H3/q+1. The zero-order chi connectivity index (χ0) is 13.9. The number of nitrogens with zero attached hydrogens (tertiary/aromatic N) is 1. The second kappa shape index (κ2) is 10.5. The van der Waals surface area contributed by atoms with Gasteiger partial charge in [0.1, 0.15) is 0 Å². The van der Waals surface area contributed by atoms with Crippen molar-refractivity contribution in [3.63, 3.8) is 0 Å². The highest BCUT2D eigenvalue weighted by molar-refractivity contribution is 5.65. The van der Waals surface area contributed by atoms with Crippen molar-refractivity contribution in [1.29, 1.82) is 0 Å². The molecule has 0 spiro atoms. The summed E-state index contributed by atoms with van der Waals surface area (Å²) < 4.78 is 0.539. The third kappa shape index (κ3) is 9.64. The summed E-state index contributed by atoms with van der Waals surface area (Å²) >= 11 is 0. The monoisotopic (exact) mass is 256 g/mol. The van der Waals surface area contributed by atoms with Gasteiger partial charge < -0.3 is 0 Å². The highest BCUT2D eigenvalue weighted by atomic mass is 16.2. The second-order valence-corrected chi connectivity index (χ2v) is 6.11. The van der Waals surface area contributed by atoms with Crippen LogP contribution in [0.5, 0.6) is 0 Å². The Morgan fingerprint density at radius 3 is 1.56 bits per heavy atom. The molecule has 0 aromatic rings. The van der Waals surface area contributed by atoms with E-state index < -0.39 is 0 Å². The van der Waals surface area contributed by atoms with Crippen LogP contribution in [0.3, 0.4) is 0 Å². The Morgan fingerprint density at radius 2 is 1.17 bits per heavy atom. The zero-order valence-corrected chi connectivity index (χ0v) is 13.1. The third-order valence-corrected chi connectivity index (χ3v) is 3.92. The fraction of sp³-hybridized carbons (Fsp3) is 0.938. The SMILES string of the molecule is CCCCCCCCCCCC[N+](C)(C)C(C)=O. The number of hydrogen-bond acceptors (Lipinski definition) is 1. The van der Waals surface area contributed by atoms with Crippen LogP contribution in [0.25, 0.3) is 0 Å². The van der Waals surface area contributed by atoms with E-state index in [9.17, 15) is 4.79 Å². The highest BCUT2D eigenvalue weighted by Crippen LogP contribution is 2.11. The van der Waals surface area contributed by atoms with Gasteiger partial charge in [-0.2, -0.15) is 0 Å². The largest absolute Gasteiger partial charge is 0.310 e. The van der Waals surface area contributed by atoms with Gasteiger partial charge in [-0.05, 0) is 12.8 Å². The molecule has 0 atom stereocenters. The molecular formula is C16H34NO+. The van der Waals surface area contributed by atoms with Gasteiger partial charge in [0.2, 0.25) is 0 Å².